The second-order valence-corrected chi connectivity index (χ2v) is 14.7. The molecular weight excluding hydrogens is 565 g/mol. The number of carboxylic acid groups (broad SMARTS) is 1. The first-order chi connectivity index (χ1) is 21.3. The topological polar surface area (TPSA) is 65.9 Å². The first-order valence-corrected chi connectivity index (χ1v) is 16.6. The predicted octanol–water partition coefficient (Wildman–Crippen LogP) is 8.08. The van der Waals surface area contributed by atoms with Gasteiger partial charge in [0.25, 0.3) is 0 Å². The van der Waals surface area contributed by atoms with Crippen LogP contribution in [-0.4, -0.2) is 46.2 Å². The van der Waals surface area contributed by atoms with E-state index in [2.05, 4.69) is 34.9 Å². The summed E-state index contributed by atoms with van der Waals surface area (Å²) >= 11 is 0. The molecule has 7 heteroatoms. The van der Waals surface area contributed by atoms with E-state index in [0.29, 0.717) is 11.0 Å². The number of carboxylic acids is 1. The van der Waals surface area contributed by atoms with Gasteiger partial charge in [-0.2, -0.15) is 0 Å². The van der Waals surface area contributed by atoms with Gasteiger partial charge in [-0.15, -0.1) is 0 Å². The Morgan fingerprint density at radius 3 is 2.36 bits per heavy atom. The van der Waals surface area contributed by atoms with Gasteiger partial charge in [-0.3, -0.25) is 9.88 Å². The number of halogens is 1. The monoisotopic (exact) mass is 613 g/mol. The van der Waals surface area contributed by atoms with Gasteiger partial charge < -0.3 is 14.7 Å². The van der Waals surface area contributed by atoms with Crippen LogP contribution in [0.25, 0.3) is 11.1 Å². The minimum atomic E-state index is -1.12. The smallest absolute Gasteiger partial charge is 0.337 e. The first kappa shape index (κ1) is 31.7. The molecule has 240 valence electrons. The highest BCUT2D eigenvalue weighted by Crippen LogP contribution is 2.51. The zero-order valence-corrected chi connectivity index (χ0v) is 27.8. The number of hydrogen-bond donors (Lipinski definition) is 1. The number of piperidine rings is 1. The van der Waals surface area contributed by atoms with Crippen molar-refractivity contribution in [3.63, 3.8) is 0 Å². The average molecular weight is 614 g/mol. The standard InChI is InChI=1S/C38H48FN3O3/c1-24-20-31(39)11-10-29(24)22-41-17-12-27-21-28(8-9-30(27)23-41)32-25(2)40-26(3)33(35(36(43)44)45-37(4,5)6)34(32)42-18-15-38(16-19-42)13-7-14-38/h8-11,20-21,35H,7,12-19,22-23H2,1-6H3,(H,43,44). The fourth-order valence-corrected chi connectivity index (χ4v) is 7.78. The summed E-state index contributed by atoms with van der Waals surface area (Å²) in [6.45, 7) is 16.1. The maximum absolute atomic E-state index is 13.7. The molecular formula is C38H48FN3O3. The number of aromatic nitrogens is 1. The number of fused-ring (bicyclic) bond motifs is 1. The van der Waals surface area contributed by atoms with Crippen molar-refractivity contribution in [1.82, 2.24) is 9.88 Å². The number of hydrogen-bond acceptors (Lipinski definition) is 5. The van der Waals surface area contributed by atoms with Crippen LogP contribution in [0.5, 0.6) is 0 Å². The predicted molar refractivity (Wildman–Crippen MR) is 177 cm³/mol. The van der Waals surface area contributed by atoms with Gasteiger partial charge >= 0.3 is 5.97 Å². The Morgan fingerprint density at radius 1 is 1.00 bits per heavy atom. The molecule has 45 heavy (non-hydrogen) atoms. The van der Waals surface area contributed by atoms with Gasteiger partial charge in [0.15, 0.2) is 6.10 Å². The molecule has 1 saturated carbocycles. The number of anilines is 1. The summed E-state index contributed by atoms with van der Waals surface area (Å²) in [5.41, 5.74) is 9.99. The highest BCUT2D eigenvalue weighted by atomic mass is 19.1. The summed E-state index contributed by atoms with van der Waals surface area (Å²) in [5.74, 6) is -1.18. The molecule has 3 aromatic rings. The zero-order valence-electron chi connectivity index (χ0n) is 27.8. The second-order valence-electron chi connectivity index (χ2n) is 14.7. The van der Waals surface area contributed by atoms with Gasteiger partial charge in [-0.05, 0) is 119 Å². The molecule has 1 atom stereocenters. The lowest BCUT2D eigenvalue weighted by Gasteiger charge is -2.49. The normalized spacial score (nSPS) is 18.9. The van der Waals surface area contributed by atoms with Crippen molar-refractivity contribution >= 4 is 11.7 Å². The van der Waals surface area contributed by atoms with Crippen LogP contribution in [0.4, 0.5) is 10.1 Å². The third-order valence-electron chi connectivity index (χ3n) is 10.4. The molecule has 1 aromatic heterocycles. The van der Waals surface area contributed by atoms with Gasteiger partial charge in [-0.25, -0.2) is 9.18 Å². The van der Waals surface area contributed by atoms with Crippen LogP contribution >= 0.6 is 0 Å². The summed E-state index contributed by atoms with van der Waals surface area (Å²) in [6.07, 6.45) is 6.01. The number of rotatable bonds is 7. The second kappa shape index (κ2) is 12.1. The van der Waals surface area contributed by atoms with Gasteiger partial charge in [0.05, 0.1) is 11.3 Å². The summed E-state index contributed by atoms with van der Waals surface area (Å²) in [4.78, 5) is 22.7. The van der Waals surface area contributed by atoms with Crippen LogP contribution in [0.2, 0.25) is 0 Å². The van der Waals surface area contributed by atoms with Crippen molar-refractivity contribution < 1.29 is 19.0 Å². The third-order valence-corrected chi connectivity index (χ3v) is 10.4. The molecule has 1 aliphatic carbocycles. The molecule has 1 saturated heterocycles. The van der Waals surface area contributed by atoms with Gasteiger partial charge in [0.1, 0.15) is 5.82 Å². The molecule has 0 bridgehead atoms. The fourth-order valence-electron chi connectivity index (χ4n) is 7.78. The van der Waals surface area contributed by atoms with Gasteiger partial charge in [0, 0.05) is 55.2 Å². The van der Waals surface area contributed by atoms with Crippen LogP contribution in [0, 0.1) is 32.0 Å². The van der Waals surface area contributed by atoms with E-state index in [1.165, 1.54) is 30.4 Å². The molecule has 2 fully saturated rings. The van der Waals surface area contributed by atoms with E-state index in [4.69, 9.17) is 9.72 Å². The quantitative estimate of drug-likeness (QED) is 0.291. The number of pyridine rings is 1. The van der Waals surface area contributed by atoms with Crippen LogP contribution in [0.3, 0.4) is 0 Å². The van der Waals surface area contributed by atoms with Crippen LogP contribution in [-0.2, 0) is 29.0 Å². The summed E-state index contributed by atoms with van der Waals surface area (Å²) in [7, 11) is 0. The number of aliphatic carboxylic acids is 1. The minimum absolute atomic E-state index is 0.192. The largest absolute Gasteiger partial charge is 0.479 e. The number of benzene rings is 2. The summed E-state index contributed by atoms with van der Waals surface area (Å²) in [6, 6.07) is 11.8. The molecule has 1 spiro atoms. The van der Waals surface area contributed by atoms with E-state index in [1.54, 1.807) is 12.1 Å². The van der Waals surface area contributed by atoms with Gasteiger partial charge in [-0.1, -0.05) is 30.7 Å². The highest BCUT2D eigenvalue weighted by Gasteiger charge is 2.42. The molecule has 0 amide bonds. The zero-order chi connectivity index (χ0) is 32.1. The molecule has 2 aromatic carbocycles. The van der Waals surface area contributed by atoms with E-state index in [9.17, 15) is 14.3 Å². The lowest BCUT2D eigenvalue weighted by Crippen LogP contribution is -2.44. The number of carbonyl (C=O) groups is 1. The van der Waals surface area contributed by atoms with Crippen molar-refractivity contribution in [2.75, 3.05) is 24.5 Å². The van der Waals surface area contributed by atoms with Crippen molar-refractivity contribution in [3.8, 4) is 11.1 Å². The molecule has 3 heterocycles. The van der Waals surface area contributed by atoms with E-state index in [0.717, 1.165) is 91.3 Å². The van der Waals surface area contributed by atoms with Crippen LogP contribution in [0.1, 0.15) is 98.2 Å². The molecule has 1 N–H and O–H groups in total. The lowest BCUT2D eigenvalue weighted by molar-refractivity contribution is -0.160. The molecule has 2 aliphatic heterocycles. The lowest BCUT2D eigenvalue weighted by atomic mass is 9.63. The maximum atomic E-state index is 13.7. The van der Waals surface area contributed by atoms with E-state index in [-0.39, 0.29) is 5.82 Å². The molecule has 6 nitrogen and oxygen atoms in total. The minimum Gasteiger partial charge on any atom is -0.479 e. The van der Waals surface area contributed by atoms with Crippen LogP contribution < -0.4 is 4.90 Å². The average Bonchev–Trinajstić information content (AvgIpc) is 2.96. The Bertz CT molecular complexity index is 1600. The molecule has 1 unspecified atom stereocenters. The number of aryl methyl sites for hydroxylation is 3. The molecule has 0 radical (unpaired) electrons. The Labute approximate surface area is 267 Å². The fraction of sp³-hybridized carbons (Fsp3) is 0.526. The molecule has 6 rings (SSSR count). The number of ether oxygens (including phenoxy) is 1. The summed E-state index contributed by atoms with van der Waals surface area (Å²) < 4.78 is 20.0. The van der Waals surface area contributed by atoms with Crippen molar-refractivity contribution in [2.45, 2.75) is 105 Å². The van der Waals surface area contributed by atoms with Crippen molar-refractivity contribution in [1.29, 1.82) is 0 Å². The highest BCUT2D eigenvalue weighted by molar-refractivity contribution is 5.88. The van der Waals surface area contributed by atoms with E-state index >= 15 is 0 Å². The Balaban J connectivity index is 1.39. The number of nitrogens with zero attached hydrogens (tertiary/aromatic N) is 3. The molecule has 3 aliphatic rings. The Morgan fingerprint density at radius 2 is 1.73 bits per heavy atom. The summed E-state index contributed by atoms with van der Waals surface area (Å²) in [5, 5.41) is 10.5. The van der Waals surface area contributed by atoms with E-state index in [1.807, 2.05) is 40.7 Å². The third kappa shape index (κ3) is 6.52. The van der Waals surface area contributed by atoms with E-state index < -0.39 is 17.7 Å². The van der Waals surface area contributed by atoms with Crippen LogP contribution in [0.15, 0.2) is 36.4 Å². The van der Waals surface area contributed by atoms with Gasteiger partial charge in [0.2, 0.25) is 0 Å². The first-order valence-electron chi connectivity index (χ1n) is 16.6. The van der Waals surface area contributed by atoms with Crippen molar-refractivity contribution in [3.05, 3.63) is 81.4 Å². The van der Waals surface area contributed by atoms with Crippen molar-refractivity contribution in [2.24, 2.45) is 5.41 Å². The Hall–Kier alpha value is -3.29. The SMILES string of the molecule is Cc1cc(F)ccc1CN1CCc2cc(-c3c(C)nc(C)c(C(OC(C)(C)C)C(=O)O)c3N3CCC4(CCC4)CC3)ccc2C1. The Kier molecular flexibility index (Phi) is 8.55. The maximum Gasteiger partial charge on any atom is 0.337 e.